The first-order valence-electron chi connectivity index (χ1n) is 8.55. The molecule has 1 amide bonds. The van der Waals surface area contributed by atoms with Crippen LogP contribution < -0.4 is 5.56 Å². The zero-order valence-electron chi connectivity index (χ0n) is 14.0. The second kappa shape index (κ2) is 7.92. The molecule has 0 bridgehead atoms. The number of esters is 1. The summed E-state index contributed by atoms with van der Waals surface area (Å²) in [4.78, 5) is 37.7. The number of nitrogens with one attached hydrogen (secondary N) is 1. The molecule has 0 atom stereocenters. The molecule has 1 aromatic carbocycles. The number of aromatic amines is 1. The van der Waals surface area contributed by atoms with E-state index < -0.39 is 5.97 Å². The van der Waals surface area contributed by atoms with Crippen LogP contribution in [0.4, 0.5) is 0 Å². The summed E-state index contributed by atoms with van der Waals surface area (Å²) >= 11 is 0. The SMILES string of the molecule is O=C(Cc1n[nH]c(=O)c2ccccc12)OCC(=O)N1CCCCCC1. The van der Waals surface area contributed by atoms with E-state index in [0.29, 0.717) is 16.5 Å². The molecule has 3 rings (SSSR count). The normalized spacial score (nSPS) is 15.0. The van der Waals surface area contributed by atoms with Gasteiger partial charge < -0.3 is 9.64 Å². The Labute approximate surface area is 145 Å². The van der Waals surface area contributed by atoms with Gasteiger partial charge in [0.2, 0.25) is 0 Å². The first-order valence-corrected chi connectivity index (χ1v) is 8.55. The number of hydrogen-bond acceptors (Lipinski definition) is 5. The van der Waals surface area contributed by atoms with Gasteiger partial charge >= 0.3 is 5.97 Å². The molecule has 1 aromatic heterocycles. The first-order chi connectivity index (χ1) is 12.1. The van der Waals surface area contributed by atoms with Crippen molar-refractivity contribution in [2.45, 2.75) is 32.1 Å². The standard InChI is InChI=1S/C18H21N3O4/c22-16(21-9-5-1-2-6-10-21)12-25-17(23)11-15-13-7-3-4-8-14(13)18(24)20-19-15/h3-4,7-8H,1-2,5-6,9-12H2,(H,20,24). The van der Waals surface area contributed by atoms with Crippen molar-refractivity contribution in [2.75, 3.05) is 19.7 Å². The summed E-state index contributed by atoms with van der Waals surface area (Å²) in [6, 6.07) is 6.94. The van der Waals surface area contributed by atoms with Gasteiger partial charge in [0.05, 0.1) is 17.5 Å². The lowest BCUT2D eigenvalue weighted by Gasteiger charge is -2.19. The maximum Gasteiger partial charge on any atom is 0.312 e. The van der Waals surface area contributed by atoms with Crippen LogP contribution in [0.15, 0.2) is 29.1 Å². The van der Waals surface area contributed by atoms with Crippen LogP contribution in [0.1, 0.15) is 31.4 Å². The maximum absolute atomic E-state index is 12.2. The number of hydrogen-bond donors (Lipinski definition) is 1. The van der Waals surface area contributed by atoms with Crippen LogP contribution in [0.3, 0.4) is 0 Å². The minimum Gasteiger partial charge on any atom is -0.455 e. The molecular weight excluding hydrogens is 322 g/mol. The number of carbonyl (C=O) groups is 2. The number of likely N-dealkylation sites (tertiary alicyclic amines) is 1. The van der Waals surface area contributed by atoms with Gasteiger partial charge in [-0.3, -0.25) is 14.4 Å². The van der Waals surface area contributed by atoms with Crippen LogP contribution in [-0.4, -0.2) is 46.7 Å². The molecule has 0 spiro atoms. The second-order valence-corrected chi connectivity index (χ2v) is 6.18. The van der Waals surface area contributed by atoms with Gasteiger partial charge in [-0.1, -0.05) is 31.0 Å². The Morgan fingerprint density at radius 2 is 1.76 bits per heavy atom. The van der Waals surface area contributed by atoms with E-state index in [0.717, 1.165) is 38.8 Å². The molecule has 0 unspecified atom stereocenters. The Morgan fingerprint density at radius 1 is 1.08 bits per heavy atom. The Morgan fingerprint density at radius 3 is 2.48 bits per heavy atom. The molecular formula is C18H21N3O4. The molecule has 1 fully saturated rings. The number of benzene rings is 1. The highest BCUT2D eigenvalue weighted by molar-refractivity contribution is 5.87. The van der Waals surface area contributed by atoms with Crippen molar-refractivity contribution < 1.29 is 14.3 Å². The van der Waals surface area contributed by atoms with Gasteiger partial charge in [-0.2, -0.15) is 5.10 Å². The fourth-order valence-electron chi connectivity index (χ4n) is 3.05. The van der Waals surface area contributed by atoms with Crippen molar-refractivity contribution in [3.8, 4) is 0 Å². The van der Waals surface area contributed by atoms with Gasteiger partial charge in [-0.05, 0) is 18.9 Å². The predicted octanol–water partition coefficient (Wildman–Crippen LogP) is 1.41. The lowest BCUT2D eigenvalue weighted by atomic mass is 10.1. The predicted molar refractivity (Wildman–Crippen MR) is 92.1 cm³/mol. The van der Waals surface area contributed by atoms with Gasteiger partial charge in [-0.15, -0.1) is 0 Å². The lowest BCUT2D eigenvalue weighted by molar-refractivity contribution is -0.151. The number of carbonyl (C=O) groups excluding carboxylic acids is 2. The summed E-state index contributed by atoms with van der Waals surface area (Å²) in [6.45, 7) is 1.20. The highest BCUT2D eigenvalue weighted by atomic mass is 16.5. The Bertz CT molecular complexity index is 822. The maximum atomic E-state index is 12.2. The fraction of sp³-hybridized carbons (Fsp3) is 0.444. The molecule has 2 heterocycles. The van der Waals surface area contributed by atoms with E-state index in [1.54, 1.807) is 29.2 Å². The summed E-state index contributed by atoms with van der Waals surface area (Å²) in [5, 5.41) is 7.41. The summed E-state index contributed by atoms with van der Waals surface area (Å²) in [5.41, 5.74) is 0.131. The number of rotatable bonds is 4. The Balaban J connectivity index is 1.60. The smallest absolute Gasteiger partial charge is 0.312 e. The third kappa shape index (κ3) is 4.23. The van der Waals surface area contributed by atoms with Gasteiger partial charge in [0.25, 0.3) is 11.5 Å². The second-order valence-electron chi connectivity index (χ2n) is 6.18. The van der Waals surface area contributed by atoms with Crippen molar-refractivity contribution in [2.24, 2.45) is 0 Å². The molecule has 0 aliphatic carbocycles. The molecule has 1 aliphatic heterocycles. The highest BCUT2D eigenvalue weighted by Crippen LogP contribution is 2.13. The fourth-order valence-corrected chi connectivity index (χ4v) is 3.05. The lowest BCUT2D eigenvalue weighted by Crippen LogP contribution is -2.35. The van der Waals surface area contributed by atoms with Gasteiger partial charge in [0, 0.05) is 18.5 Å². The van der Waals surface area contributed by atoms with Crippen LogP contribution in [0, 0.1) is 0 Å². The molecule has 0 saturated carbocycles. The molecule has 1 N–H and O–H groups in total. The number of fused-ring (bicyclic) bond motifs is 1. The van der Waals surface area contributed by atoms with E-state index in [9.17, 15) is 14.4 Å². The Kier molecular flexibility index (Phi) is 5.42. The van der Waals surface area contributed by atoms with Gasteiger partial charge in [0.1, 0.15) is 0 Å². The first kappa shape index (κ1) is 17.1. The van der Waals surface area contributed by atoms with Crippen molar-refractivity contribution >= 4 is 22.6 Å². The van der Waals surface area contributed by atoms with Gasteiger partial charge in [0.15, 0.2) is 6.61 Å². The van der Waals surface area contributed by atoms with Crippen molar-refractivity contribution in [1.82, 2.24) is 15.1 Å². The van der Waals surface area contributed by atoms with Crippen molar-refractivity contribution in [1.29, 1.82) is 0 Å². The number of nitrogens with zero attached hydrogens (tertiary/aromatic N) is 2. The van der Waals surface area contributed by atoms with Crippen LogP contribution in [0.5, 0.6) is 0 Å². The summed E-state index contributed by atoms with van der Waals surface area (Å²) in [5.74, 6) is -0.692. The summed E-state index contributed by atoms with van der Waals surface area (Å²) in [7, 11) is 0. The average molecular weight is 343 g/mol. The number of ether oxygens (including phenoxy) is 1. The monoisotopic (exact) mass is 343 g/mol. The van der Waals surface area contributed by atoms with Crippen molar-refractivity contribution in [3.63, 3.8) is 0 Å². The van der Waals surface area contributed by atoms with Crippen molar-refractivity contribution in [3.05, 3.63) is 40.3 Å². The number of aromatic nitrogens is 2. The summed E-state index contributed by atoms with van der Waals surface area (Å²) in [6.07, 6.45) is 4.16. The van der Waals surface area contributed by atoms with Gasteiger partial charge in [-0.25, -0.2) is 5.10 Å². The molecule has 1 saturated heterocycles. The molecule has 25 heavy (non-hydrogen) atoms. The van der Waals surface area contributed by atoms with Crippen LogP contribution >= 0.6 is 0 Å². The molecule has 7 heteroatoms. The van der Waals surface area contributed by atoms with E-state index >= 15 is 0 Å². The van der Waals surface area contributed by atoms with E-state index in [2.05, 4.69) is 10.2 Å². The third-order valence-corrected chi connectivity index (χ3v) is 4.40. The van der Waals surface area contributed by atoms with E-state index in [4.69, 9.17) is 4.74 Å². The largest absolute Gasteiger partial charge is 0.455 e. The molecule has 132 valence electrons. The van der Waals surface area contributed by atoms with E-state index in [1.807, 2.05) is 0 Å². The third-order valence-electron chi connectivity index (χ3n) is 4.40. The zero-order valence-corrected chi connectivity index (χ0v) is 14.0. The average Bonchev–Trinajstić information content (AvgIpc) is 2.92. The molecule has 0 radical (unpaired) electrons. The van der Waals surface area contributed by atoms with Crippen LogP contribution in [0.25, 0.3) is 10.8 Å². The highest BCUT2D eigenvalue weighted by Gasteiger charge is 2.18. The number of amides is 1. The topological polar surface area (TPSA) is 92.4 Å². The molecule has 1 aliphatic rings. The molecule has 2 aromatic rings. The zero-order chi connectivity index (χ0) is 17.6. The van der Waals surface area contributed by atoms with Crippen LogP contribution in [0.2, 0.25) is 0 Å². The quantitative estimate of drug-likeness (QED) is 0.848. The minimum atomic E-state index is -0.534. The van der Waals surface area contributed by atoms with Crippen LogP contribution in [-0.2, 0) is 20.7 Å². The molecule has 7 nitrogen and oxygen atoms in total. The number of H-pyrrole nitrogens is 1. The summed E-state index contributed by atoms with van der Waals surface area (Å²) < 4.78 is 5.12. The minimum absolute atomic E-state index is 0.0927. The van der Waals surface area contributed by atoms with E-state index in [-0.39, 0.29) is 24.5 Å². The van der Waals surface area contributed by atoms with E-state index in [1.165, 1.54) is 0 Å². The Hall–Kier alpha value is -2.70.